The van der Waals surface area contributed by atoms with Gasteiger partial charge in [0.05, 0.1) is 18.3 Å². The maximum Gasteiger partial charge on any atom is 0.241 e. The largest absolute Gasteiger partial charge is 0.303 e. The Kier molecular flexibility index (Phi) is 5.99. The van der Waals surface area contributed by atoms with E-state index in [1.165, 1.54) is 5.41 Å². The van der Waals surface area contributed by atoms with Crippen molar-refractivity contribution in [2.45, 2.75) is 19.0 Å². The van der Waals surface area contributed by atoms with Crippen molar-refractivity contribution in [2.24, 2.45) is 0 Å². The molecule has 0 saturated heterocycles. The zero-order chi connectivity index (χ0) is 19.4. The second kappa shape index (κ2) is 8.25. The molecule has 5 nitrogen and oxygen atoms in total. The quantitative estimate of drug-likeness (QED) is 0.801. The second-order valence-electron chi connectivity index (χ2n) is 6.48. The first-order valence-corrected chi connectivity index (χ1v) is 10.7. The molecule has 0 spiro atoms. The van der Waals surface area contributed by atoms with Gasteiger partial charge >= 0.3 is 0 Å². The van der Waals surface area contributed by atoms with Gasteiger partial charge in [-0.25, -0.2) is 8.42 Å². The number of rotatable bonds is 6. The standard InChI is InChI=1S/C20H21ClN2O3S/c1-15(16-7-9-17(21)10-8-16)22-13-20(24)23(18-5-3-2-4-6-18)19-11-12-27(25,26)14-19/h2-12,15,19,22H,13-14H2,1H3/t15-,19-/m0/s1. The van der Waals surface area contributed by atoms with Crippen molar-refractivity contribution in [1.82, 2.24) is 5.32 Å². The molecular formula is C20H21ClN2O3S. The summed E-state index contributed by atoms with van der Waals surface area (Å²) in [5.74, 6) is -0.283. The molecule has 0 radical (unpaired) electrons. The molecule has 27 heavy (non-hydrogen) atoms. The summed E-state index contributed by atoms with van der Waals surface area (Å²) in [4.78, 5) is 14.5. The Morgan fingerprint density at radius 1 is 1.19 bits per heavy atom. The molecule has 1 N–H and O–H groups in total. The van der Waals surface area contributed by atoms with E-state index in [-0.39, 0.29) is 24.2 Å². The van der Waals surface area contributed by atoms with Crippen LogP contribution in [0.1, 0.15) is 18.5 Å². The lowest BCUT2D eigenvalue weighted by atomic mass is 10.1. The molecule has 0 fully saturated rings. The zero-order valence-electron chi connectivity index (χ0n) is 14.9. The number of anilines is 1. The Morgan fingerprint density at radius 2 is 1.85 bits per heavy atom. The topological polar surface area (TPSA) is 66.5 Å². The van der Waals surface area contributed by atoms with E-state index in [0.717, 1.165) is 5.56 Å². The molecule has 0 aromatic heterocycles. The Morgan fingerprint density at radius 3 is 2.44 bits per heavy atom. The molecular weight excluding hydrogens is 384 g/mol. The Bertz CT molecular complexity index is 927. The summed E-state index contributed by atoms with van der Waals surface area (Å²) in [6, 6.07) is 16.0. The van der Waals surface area contributed by atoms with E-state index < -0.39 is 15.9 Å². The monoisotopic (exact) mass is 404 g/mol. The third-order valence-corrected chi connectivity index (χ3v) is 6.11. The number of carbonyl (C=O) groups excluding carboxylic acids is 1. The van der Waals surface area contributed by atoms with Crippen molar-refractivity contribution >= 4 is 33.0 Å². The molecule has 0 saturated carbocycles. The van der Waals surface area contributed by atoms with Crippen molar-refractivity contribution in [3.63, 3.8) is 0 Å². The molecule has 0 aliphatic carbocycles. The van der Waals surface area contributed by atoms with E-state index in [1.54, 1.807) is 35.2 Å². The van der Waals surface area contributed by atoms with E-state index in [2.05, 4.69) is 5.32 Å². The molecule has 142 valence electrons. The zero-order valence-corrected chi connectivity index (χ0v) is 16.5. The van der Waals surface area contributed by atoms with Crippen LogP contribution < -0.4 is 10.2 Å². The van der Waals surface area contributed by atoms with Crippen LogP contribution in [0.4, 0.5) is 5.69 Å². The van der Waals surface area contributed by atoms with Gasteiger partial charge in [0.2, 0.25) is 5.91 Å². The SMILES string of the molecule is C[C@H](NCC(=O)N(c1ccccc1)[C@H]1C=CS(=O)(=O)C1)c1ccc(Cl)cc1. The molecule has 0 unspecified atom stereocenters. The van der Waals surface area contributed by atoms with Crippen LogP contribution in [0.15, 0.2) is 66.1 Å². The minimum atomic E-state index is -3.27. The minimum absolute atomic E-state index is 0.0494. The molecule has 7 heteroatoms. The Labute approximate surface area is 164 Å². The molecule has 1 aliphatic rings. The van der Waals surface area contributed by atoms with Crippen LogP contribution in [0.5, 0.6) is 0 Å². The number of hydrogen-bond acceptors (Lipinski definition) is 4. The van der Waals surface area contributed by atoms with Crippen LogP contribution >= 0.6 is 11.6 Å². The van der Waals surface area contributed by atoms with Crippen LogP contribution in [0.25, 0.3) is 0 Å². The summed E-state index contributed by atoms with van der Waals surface area (Å²) >= 11 is 5.91. The molecule has 1 amide bonds. The fourth-order valence-electron chi connectivity index (χ4n) is 3.02. The normalized spacial score (nSPS) is 19.0. The summed E-state index contributed by atoms with van der Waals surface area (Å²) in [7, 11) is -3.27. The number of nitrogens with one attached hydrogen (secondary N) is 1. The van der Waals surface area contributed by atoms with Crippen molar-refractivity contribution in [3.05, 3.63) is 76.7 Å². The maximum absolute atomic E-state index is 12.9. The van der Waals surface area contributed by atoms with E-state index in [1.807, 2.05) is 37.3 Å². The maximum atomic E-state index is 12.9. The van der Waals surface area contributed by atoms with Crippen molar-refractivity contribution in [1.29, 1.82) is 0 Å². The predicted molar refractivity (Wildman–Crippen MR) is 109 cm³/mol. The summed E-state index contributed by atoms with van der Waals surface area (Å²) in [6.45, 7) is 2.05. The molecule has 0 bridgehead atoms. The number of nitrogens with zero attached hydrogens (tertiary/aromatic N) is 1. The van der Waals surface area contributed by atoms with Gasteiger partial charge in [0.1, 0.15) is 0 Å². The molecule has 1 heterocycles. The van der Waals surface area contributed by atoms with Crippen LogP contribution in [0, 0.1) is 0 Å². The van der Waals surface area contributed by atoms with E-state index in [0.29, 0.717) is 10.7 Å². The van der Waals surface area contributed by atoms with Gasteiger partial charge in [-0.2, -0.15) is 0 Å². The predicted octanol–water partition coefficient (Wildman–Crippen LogP) is 3.33. The van der Waals surface area contributed by atoms with Crippen LogP contribution in [-0.2, 0) is 14.6 Å². The van der Waals surface area contributed by atoms with Gasteiger partial charge in [0.25, 0.3) is 0 Å². The van der Waals surface area contributed by atoms with Gasteiger partial charge in [-0.05, 0) is 42.8 Å². The Hall–Kier alpha value is -2.15. The van der Waals surface area contributed by atoms with Crippen LogP contribution in [0.2, 0.25) is 5.02 Å². The average molecular weight is 405 g/mol. The summed E-state index contributed by atoms with van der Waals surface area (Å²) in [5.41, 5.74) is 1.69. The second-order valence-corrected chi connectivity index (χ2v) is 8.85. The molecule has 3 rings (SSSR count). The van der Waals surface area contributed by atoms with Gasteiger partial charge in [-0.3, -0.25) is 4.79 Å². The number of para-hydroxylation sites is 1. The van der Waals surface area contributed by atoms with Crippen LogP contribution in [-0.4, -0.2) is 32.7 Å². The lowest BCUT2D eigenvalue weighted by Crippen LogP contribution is -2.45. The first kappa shape index (κ1) is 19.6. The van der Waals surface area contributed by atoms with Gasteiger partial charge < -0.3 is 10.2 Å². The van der Waals surface area contributed by atoms with Gasteiger partial charge in [0.15, 0.2) is 9.84 Å². The van der Waals surface area contributed by atoms with Crippen molar-refractivity contribution in [3.8, 4) is 0 Å². The highest BCUT2D eigenvalue weighted by molar-refractivity contribution is 7.94. The number of amides is 1. The highest BCUT2D eigenvalue weighted by atomic mass is 35.5. The van der Waals surface area contributed by atoms with Crippen molar-refractivity contribution in [2.75, 3.05) is 17.2 Å². The first-order chi connectivity index (χ1) is 12.9. The lowest BCUT2D eigenvalue weighted by Gasteiger charge is -2.28. The third kappa shape index (κ3) is 4.97. The highest BCUT2D eigenvalue weighted by Crippen LogP contribution is 2.23. The van der Waals surface area contributed by atoms with Crippen LogP contribution in [0.3, 0.4) is 0 Å². The first-order valence-electron chi connectivity index (χ1n) is 8.63. The fourth-order valence-corrected chi connectivity index (χ4v) is 4.42. The number of hydrogen-bond donors (Lipinski definition) is 1. The Balaban J connectivity index is 1.73. The molecule has 2 aromatic carbocycles. The van der Waals surface area contributed by atoms with E-state index in [9.17, 15) is 13.2 Å². The lowest BCUT2D eigenvalue weighted by molar-refractivity contribution is -0.118. The molecule has 2 aromatic rings. The molecule has 2 atom stereocenters. The summed E-state index contributed by atoms with van der Waals surface area (Å²) < 4.78 is 23.7. The number of carbonyl (C=O) groups is 1. The number of sulfone groups is 1. The smallest absolute Gasteiger partial charge is 0.241 e. The summed E-state index contributed by atoms with van der Waals surface area (Å²) in [6.07, 6.45) is 1.57. The van der Waals surface area contributed by atoms with Gasteiger partial charge in [0, 0.05) is 22.2 Å². The minimum Gasteiger partial charge on any atom is -0.303 e. The number of benzene rings is 2. The van der Waals surface area contributed by atoms with Crippen molar-refractivity contribution < 1.29 is 13.2 Å². The van der Waals surface area contributed by atoms with Gasteiger partial charge in [-0.15, -0.1) is 0 Å². The summed E-state index contributed by atoms with van der Waals surface area (Å²) in [5, 5.41) is 5.05. The fraction of sp³-hybridized carbons (Fsp3) is 0.250. The highest BCUT2D eigenvalue weighted by Gasteiger charge is 2.31. The van der Waals surface area contributed by atoms with Gasteiger partial charge in [-0.1, -0.05) is 41.9 Å². The molecule has 1 aliphatic heterocycles. The average Bonchev–Trinajstić information content (AvgIpc) is 3.00. The van der Waals surface area contributed by atoms with E-state index in [4.69, 9.17) is 11.6 Å². The third-order valence-electron chi connectivity index (χ3n) is 4.48. The van der Waals surface area contributed by atoms with E-state index >= 15 is 0 Å². The number of halogens is 1.